The maximum Gasteiger partial charge on any atom is 0.224 e. The van der Waals surface area contributed by atoms with E-state index in [0.717, 1.165) is 32.5 Å². The first-order valence-corrected chi connectivity index (χ1v) is 9.73. The summed E-state index contributed by atoms with van der Waals surface area (Å²) in [5, 5.41) is 6.43. The third-order valence-corrected chi connectivity index (χ3v) is 4.34. The Labute approximate surface area is 185 Å². The Hall–Kier alpha value is -1.71. The molecular weight excluding hydrogens is 471 g/mol. The molecule has 0 spiro atoms. The number of amides is 1. The van der Waals surface area contributed by atoms with Crippen LogP contribution in [-0.4, -0.2) is 62.7 Å². The van der Waals surface area contributed by atoms with E-state index in [9.17, 15) is 4.79 Å². The number of carbonyl (C=O) groups is 1. The fraction of sp³-hybridized carbons (Fsp3) is 0.600. The van der Waals surface area contributed by atoms with E-state index in [1.807, 2.05) is 43.0 Å². The van der Waals surface area contributed by atoms with Gasteiger partial charge in [0.1, 0.15) is 6.10 Å². The van der Waals surface area contributed by atoms with Gasteiger partial charge in [0, 0.05) is 32.6 Å². The van der Waals surface area contributed by atoms with Gasteiger partial charge in [0.15, 0.2) is 17.5 Å². The van der Waals surface area contributed by atoms with Crippen molar-refractivity contribution in [2.75, 3.05) is 39.8 Å². The number of halogens is 1. The molecule has 0 saturated carbocycles. The lowest BCUT2D eigenvalue weighted by molar-refractivity contribution is -0.129. The van der Waals surface area contributed by atoms with Crippen LogP contribution in [0.1, 0.15) is 33.1 Å². The molecule has 7 nitrogen and oxygen atoms in total. The van der Waals surface area contributed by atoms with Gasteiger partial charge in [-0.2, -0.15) is 0 Å². The predicted octanol–water partition coefficient (Wildman–Crippen LogP) is 2.65. The predicted molar refractivity (Wildman–Crippen MR) is 123 cm³/mol. The van der Waals surface area contributed by atoms with Gasteiger partial charge in [-0.15, -0.1) is 24.0 Å². The molecule has 1 aliphatic rings. The van der Waals surface area contributed by atoms with Crippen molar-refractivity contribution in [2.45, 2.75) is 39.2 Å². The number of benzene rings is 1. The molecule has 0 bridgehead atoms. The summed E-state index contributed by atoms with van der Waals surface area (Å²) in [6.07, 6.45) is 2.61. The van der Waals surface area contributed by atoms with E-state index in [4.69, 9.17) is 9.47 Å². The SMILES string of the molecule is CCNC(=NCC(C)Oc1ccccc1OC)NCCC(=O)N1CCCC1.I. The smallest absolute Gasteiger partial charge is 0.224 e. The van der Waals surface area contributed by atoms with Crippen LogP contribution in [0.5, 0.6) is 11.5 Å². The van der Waals surface area contributed by atoms with Crippen LogP contribution in [0.3, 0.4) is 0 Å². The first-order valence-electron chi connectivity index (χ1n) is 9.73. The third kappa shape index (κ3) is 8.12. The fourth-order valence-corrected chi connectivity index (χ4v) is 2.94. The lowest BCUT2D eigenvalue weighted by atomic mass is 10.3. The maximum absolute atomic E-state index is 12.1. The summed E-state index contributed by atoms with van der Waals surface area (Å²) in [6, 6.07) is 7.57. The van der Waals surface area contributed by atoms with Crippen LogP contribution in [-0.2, 0) is 4.79 Å². The van der Waals surface area contributed by atoms with Gasteiger partial charge in [0.25, 0.3) is 0 Å². The van der Waals surface area contributed by atoms with Crippen LogP contribution in [0.4, 0.5) is 0 Å². The summed E-state index contributed by atoms with van der Waals surface area (Å²) < 4.78 is 11.2. The second kappa shape index (κ2) is 13.5. The number of nitrogens with zero attached hydrogens (tertiary/aromatic N) is 2. The molecule has 1 heterocycles. The van der Waals surface area contributed by atoms with Gasteiger partial charge in [0.2, 0.25) is 5.91 Å². The topological polar surface area (TPSA) is 75.2 Å². The van der Waals surface area contributed by atoms with Crippen molar-refractivity contribution in [3.8, 4) is 11.5 Å². The minimum atomic E-state index is -0.108. The Morgan fingerprint density at radius 2 is 1.89 bits per heavy atom. The summed E-state index contributed by atoms with van der Waals surface area (Å²) in [6.45, 7) is 7.59. The molecular formula is C20H33IN4O3. The van der Waals surface area contributed by atoms with E-state index in [2.05, 4.69) is 15.6 Å². The third-order valence-electron chi connectivity index (χ3n) is 4.34. The first-order chi connectivity index (χ1) is 13.1. The number of ether oxygens (including phenoxy) is 2. The molecule has 1 aromatic carbocycles. The van der Waals surface area contributed by atoms with Gasteiger partial charge in [-0.1, -0.05) is 12.1 Å². The molecule has 28 heavy (non-hydrogen) atoms. The number of hydrogen-bond donors (Lipinski definition) is 2. The number of rotatable bonds is 9. The van der Waals surface area contributed by atoms with Crippen LogP contribution in [0.25, 0.3) is 0 Å². The van der Waals surface area contributed by atoms with Crippen molar-refractivity contribution in [2.24, 2.45) is 4.99 Å². The molecule has 2 rings (SSSR count). The second-order valence-electron chi connectivity index (χ2n) is 6.56. The van der Waals surface area contributed by atoms with Gasteiger partial charge in [-0.25, -0.2) is 4.99 Å². The average Bonchev–Trinajstić information content (AvgIpc) is 3.21. The van der Waals surface area contributed by atoms with Crippen LogP contribution < -0.4 is 20.1 Å². The highest BCUT2D eigenvalue weighted by Gasteiger charge is 2.17. The average molecular weight is 504 g/mol. The number of aliphatic imine (C=N–C) groups is 1. The highest BCUT2D eigenvalue weighted by atomic mass is 127. The molecule has 1 amide bonds. The van der Waals surface area contributed by atoms with Gasteiger partial charge < -0.3 is 25.0 Å². The quantitative estimate of drug-likeness (QED) is 0.307. The highest BCUT2D eigenvalue weighted by Crippen LogP contribution is 2.26. The lowest BCUT2D eigenvalue weighted by Gasteiger charge is -2.18. The van der Waals surface area contributed by atoms with Crippen molar-refractivity contribution in [1.29, 1.82) is 0 Å². The summed E-state index contributed by atoms with van der Waals surface area (Å²) in [5.74, 6) is 2.32. The standard InChI is InChI=1S/C20H32N4O3.HI/c1-4-21-20(22-12-11-19(25)24-13-7-8-14-24)23-15-16(2)27-18-10-6-5-9-17(18)26-3;/h5-6,9-10,16H,4,7-8,11-15H2,1-3H3,(H2,21,22,23);1H. The number of para-hydroxylation sites is 2. The fourth-order valence-electron chi connectivity index (χ4n) is 2.94. The molecule has 8 heteroatoms. The lowest BCUT2D eigenvalue weighted by Crippen LogP contribution is -2.40. The first kappa shape index (κ1) is 24.3. The Bertz CT molecular complexity index is 621. The van der Waals surface area contributed by atoms with Gasteiger partial charge in [0.05, 0.1) is 13.7 Å². The van der Waals surface area contributed by atoms with E-state index < -0.39 is 0 Å². The van der Waals surface area contributed by atoms with Crippen molar-refractivity contribution < 1.29 is 14.3 Å². The molecule has 0 aromatic heterocycles. The van der Waals surface area contributed by atoms with E-state index in [-0.39, 0.29) is 36.0 Å². The normalized spacial score (nSPS) is 14.8. The van der Waals surface area contributed by atoms with E-state index in [1.165, 1.54) is 0 Å². The molecule has 1 aromatic rings. The minimum absolute atomic E-state index is 0. The molecule has 1 unspecified atom stereocenters. The van der Waals surface area contributed by atoms with Crippen LogP contribution >= 0.6 is 24.0 Å². The Morgan fingerprint density at radius 1 is 1.21 bits per heavy atom. The molecule has 0 radical (unpaired) electrons. The van der Waals surface area contributed by atoms with Crippen LogP contribution in [0.15, 0.2) is 29.3 Å². The monoisotopic (exact) mass is 504 g/mol. The van der Waals surface area contributed by atoms with Crippen LogP contribution in [0.2, 0.25) is 0 Å². The van der Waals surface area contributed by atoms with E-state index in [1.54, 1.807) is 7.11 Å². The van der Waals surface area contributed by atoms with Crippen LogP contribution in [0, 0.1) is 0 Å². The van der Waals surface area contributed by atoms with Crippen molar-refractivity contribution in [3.05, 3.63) is 24.3 Å². The number of likely N-dealkylation sites (tertiary alicyclic amines) is 1. The molecule has 1 atom stereocenters. The molecule has 0 aliphatic carbocycles. The van der Waals surface area contributed by atoms with E-state index in [0.29, 0.717) is 37.0 Å². The minimum Gasteiger partial charge on any atom is -0.493 e. The zero-order valence-electron chi connectivity index (χ0n) is 17.1. The van der Waals surface area contributed by atoms with Gasteiger partial charge in [-0.3, -0.25) is 4.79 Å². The molecule has 158 valence electrons. The molecule has 1 aliphatic heterocycles. The van der Waals surface area contributed by atoms with E-state index >= 15 is 0 Å². The number of hydrogen-bond acceptors (Lipinski definition) is 4. The second-order valence-corrected chi connectivity index (χ2v) is 6.56. The number of nitrogens with one attached hydrogen (secondary N) is 2. The maximum atomic E-state index is 12.1. The summed E-state index contributed by atoms with van der Waals surface area (Å²) in [4.78, 5) is 18.6. The Kier molecular flexibility index (Phi) is 11.7. The highest BCUT2D eigenvalue weighted by molar-refractivity contribution is 14.0. The van der Waals surface area contributed by atoms with Crippen molar-refractivity contribution in [3.63, 3.8) is 0 Å². The molecule has 1 fully saturated rings. The Morgan fingerprint density at radius 3 is 2.54 bits per heavy atom. The summed E-state index contributed by atoms with van der Waals surface area (Å²) in [7, 11) is 1.63. The van der Waals surface area contributed by atoms with Crippen molar-refractivity contribution >= 4 is 35.8 Å². The zero-order valence-corrected chi connectivity index (χ0v) is 19.4. The molecule has 1 saturated heterocycles. The molecule has 2 N–H and O–H groups in total. The number of methoxy groups -OCH3 is 1. The number of carbonyl (C=O) groups excluding carboxylic acids is 1. The van der Waals surface area contributed by atoms with Gasteiger partial charge in [-0.05, 0) is 38.8 Å². The summed E-state index contributed by atoms with van der Waals surface area (Å²) >= 11 is 0. The van der Waals surface area contributed by atoms with Crippen molar-refractivity contribution in [1.82, 2.24) is 15.5 Å². The summed E-state index contributed by atoms with van der Waals surface area (Å²) in [5.41, 5.74) is 0. The van der Waals surface area contributed by atoms with Gasteiger partial charge >= 0.3 is 0 Å². The number of guanidine groups is 1. The zero-order chi connectivity index (χ0) is 19.5. The Balaban J connectivity index is 0.00000392. The largest absolute Gasteiger partial charge is 0.493 e.